The molecular weight excluding hydrogens is 466 g/mol. The van der Waals surface area contributed by atoms with Gasteiger partial charge in [-0.05, 0) is 37.6 Å². The van der Waals surface area contributed by atoms with E-state index in [0.29, 0.717) is 48.3 Å². The van der Waals surface area contributed by atoms with E-state index in [4.69, 9.17) is 18.9 Å². The van der Waals surface area contributed by atoms with Crippen molar-refractivity contribution in [2.45, 2.75) is 47.4 Å². The van der Waals surface area contributed by atoms with Crippen molar-refractivity contribution in [2.24, 2.45) is 0 Å². The van der Waals surface area contributed by atoms with E-state index in [1.165, 1.54) is 0 Å². The van der Waals surface area contributed by atoms with Crippen molar-refractivity contribution < 1.29 is 23.7 Å². The van der Waals surface area contributed by atoms with Crippen LogP contribution < -0.4 is 18.9 Å². The number of hydrogen-bond acceptors (Lipinski definition) is 5. The predicted molar refractivity (Wildman–Crippen MR) is 148 cm³/mol. The number of amides is 1. The number of allylic oxidation sites excluding steroid dienone is 1. The van der Waals surface area contributed by atoms with Gasteiger partial charge in [0, 0.05) is 29.3 Å². The molecule has 0 heterocycles. The minimum Gasteiger partial charge on any atom is -0.497 e. The number of ether oxygens (including phenoxy) is 4. The van der Waals surface area contributed by atoms with E-state index in [1.807, 2.05) is 101 Å². The number of methoxy groups -OCH3 is 3. The third-order valence-electron chi connectivity index (χ3n) is 5.78. The Morgan fingerprint density at radius 2 is 1.49 bits per heavy atom. The summed E-state index contributed by atoms with van der Waals surface area (Å²) in [6.45, 7) is 8.76. The first-order chi connectivity index (χ1) is 18.0. The second kappa shape index (κ2) is 15.2. The molecule has 3 aromatic rings. The quantitative estimate of drug-likeness (QED) is 0.268. The number of carbonyl (C=O) groups is 1. The molecule has 198 valence electrons. The van der Waals surface area contributed by atoms with Gasteiger partial charge in [-0.2, -0.15) is 0 Å². The summed E-state index contributed by atoms with van der Waals surface area (Å²) >= 11 is 0. The molecule has 0 aliphatic heterocycles. The van der Waals surface area contributed by atoms with Crippen molar-refractivity contribution in [3.8, 4) is 23.0 Å². The lowest BCUT2D eigenvalue weighted by Gasteiger charge is -2.26. The SMILES string of the molecule is C/C=C(\C)C(=O)N(Cc1ccc(OC)cc1OC)Cc1cccc(OC)c1OCc1ccccc1.CC. The summed E-state index contributed by atoms with van der Waals surface area (Å²) in [5, 5.41) is 0. The molecular formula is C31H39NO5. The molecule has 1 amide bonds. The van der Waals surface area contributed by atoms with Gasteiger partial charge in [-0.3, -0.25) is 4.79 Å². The number of carbonyl (C=O) groups excluding carboxylic acids is 1. The summed E-state index contributed by atoms with van der Waals surface area (Å²) < 4.78 is 22.7. The zero-order valence-corrected chi connectivity index (χ0v) is 23.0. The molecule has 0 unspecified atom stereocenters. The molecule has 3 rings (SSSR count). The lowest BCUT2D eigenvalue weighted by Crippen LogP contribution is -2.31. The van der Waals surface area contributed by atoms with Crippen LogP contribution in [0, 0.1) is 0 Å². The highest BCUT2D eigenvalue weighted by molar-refractivity contribution is 5.92. The summed E-state index contributed by atoms with van der Waals surface area (Å²) in [5.74, 6) is 2.53. The fraction of sp³-hybridized carbons (Fsp3) is 0.323. The molecule has 6 nitrogen and oxygen atoms in total. The third kappa shape index (κ3) is 8.04. The summed E-state index contributed by atoms with van der Waals surface area (Å²) in [5.41, 5.74) is 3.43. The highest BCUT2D eigenvalue weighted by atomic mass is 16.5. The molecule has 0 N–H and O–H groups in total. The Morgan fingerprint density at radius 1 is 0.811 bits per heavy atom. The molecule has 0 atom stereocenters. The van der Waals surface area contributed by atoms with Gasteiger partial charge in [0.25, 0.3) is 0 Å². The number of rotatable bonds is 11. The highest BCUT2D eigenvalue weighted by Gasteiger charge is 2.21. The Balaban J connectivity index is 0.00000235. The molecule has 0 saturated heterocycles. The third-order valence-corrected chi connectivity index (χ3v) is 5.78. The van der Waals surface area contributed by atoms with E-state index in [9.17, 15) is 4.79 Å². The number of hydrogen-bond donors (Lipinski definition) is 0. The van der Waals surface area contributed by atoms with Crippen molar-refractivity contribution in [2.75, 3.05) is 21.3 Å². The van der Waals surface area contributed by atoms with E-state index in [0.717, 1.165) is 16.7 Å². The number of nitrogens with zero attached hydrogens (tertiary/aromatic N) is 1. The summed E-state index contributed by atoms with van der Waals surface area (Å²) in [6.07, 6.45) is 1.82. The van der Waals surface area contributed by atoms with E-state index in [-0.39, 0.29) is 5.91 Å². The van der Waals surface area contributed by atoms with Crippen molar-refractivity contribution in [3.05, 3.63) is 95.1 Å². The molecule has 0 aliphatic rings. The van der Waals surface area contributed by atoms with Crippen LogP contribution in [0.2, 0.25) is 0 Å². The van der Waals surface area contributed by atoms with Crippen molar-refractivity contribution >= 4 is 5.91 Å². The Morgan fingerprint density at radius 3 is 2.11 bits per heavy atom. The zero-order chi connectivity index (χ0) is 27.2. The van der Waals surface area contributed by atoms with E-state index in [1.54, 1.807) is 26.2 Å². The first kappa shape index (κ1) is 29.3. The van der Waals surface area contributed by atoms with E-state index < -0.39 is 0 Å². The molecule has 0 aliphatic carbocycles. The summed E-state index contributed by atoms with van der Waals surface area (Å²) in [4.78, 5) is 15.2. The molecule has 0 fully saturated rings. The van der Waals surface area contributed by atoms with E-state index in [2.05, 4.69) is 0 Å². The van der Waals surface area contributed by atoms with Gasteiger partial charge in [0.1, 0.15) is 18.1 Å². The van der Waals surface area contributed by atoms with Gasteiger partial charge in [-0.1, -0.05) is 62.4 Å². The Kier molecular flexibility index (Phi) is 12.1. The maximum absolute atomic E-state index is 13.4. The summed E-state index contributed by atoms with van der Waals surface area (Å²) in [6, 6.07) is 21.3. The van der Waals surface area contributed by atoms with Crippen LogP contribution in [-0.2, 0) is 24.5 Å². The monoisotopic (exact) mass is 505 g/mol. The van der Waals surface area contributed by atoms with Crippen molar-refractivity contribution in [3.63, 3.8) is 0 Å². The zero-order valence-electron chi connectivity index (χ0n) is 23.0. The second-order valence-corrected chi connectivity index (χ2v) is 8.03. The molecule has 3 aromatic carbocycles. The fourth-order valence-electron chi connectivity index (χ4n) is 3.71. The molecule has 0 radical (unpaired) electrons. The first-order valence-corrected chi connectivity index (χ1v) is 12.5. The first-order valence-electron chi connectivity index (χ1n) is 12.5. The van der Waals surface area contributed by atoms with Crippen LogP contribution >= 0.6 is 0 Å². The fourth-order valence-corrected chi connectivity index (χ4v) is 3.71. The van der Waals surface area contributed by atoms with Gasteiger partial charge >= 0.3 is 0 Å². The van der Waals surface area contributed by atoms with Crippen LogP contribution in [0.25, 0.3) is 0 Å². The topological polar surface area (TPSA) is 57.2 Å². The Hall–Kier alpha value is -3.93. The lowest BCUT2D eigenvalue weighted by molar-refractivity contribution is -0.128. The normalized spacial score (nSPS) is 10.6. The standard InChI is InChI=1S/C29H33NO5.C2H6/c1-6-21(2)29(31)30(18-23-15-16-25(32-3)17-27(23)34-5)19-24-13-10-14-26(33-4)28(24)35-20-22-11-8-7-9-12-22;1-2/h6-17H,18-20H2,1-5H3;1-2H3/b21-6+;. The Labute approximate surface area is 221 Å². The van der Waals surface area contributed by atoms with Gasteiger partial charge in [0.2, 0.25) is 5.91 Å². The number of para-hydroxylation sites is 1. The molecule has 0 spiro atoms. The average Bonchev–Trinajstić information content (AvgIpc) is 2.96. The molecule has 0 aromatic heterocycles. The Bertz CT molecular complexity index is 1160. The molecule has 6 heteroatoms. The number of benzene rings is 3. The maximum Gasteiger partial charge on any atom is 0.249 e. The molecule has 37 heavy (non-hydrogen) atoms. The molecule has 0 saturated carbocycles. The van der Waals surface area contributed by atoms with Gasteiger partial charge in [-0.25, -0.2) is 0 Å². The lowest BCUT2D eigenvalue weighted by atomic mass is 10.1. The van der Waals surface area contributed by atoms with Crippen molar-refractivity contribution in [1.82, 2.24) is 4.90 Å². The van der Waals surface area contributed by atoms with Gasteiger partial charge in [0.15, 0.2) is 11.5 Å². The highest BCUT2D eigenvalue weighted by Crippen LogP contribution is 2.34. The summed E-state index contributed by atoms with van der Waals surface area (Å²) in [7, 11) is 4.84. The van der Waals surface area contributed by atoms with E-state index >= 15 is 0 Å². The van der Waals surface area contributed by atoms with Crippen LogP contribution in [-0.4, -0.2) is 32.1 Å². The smallest absolute Gasteiger partial charge is 0.249 e. The van der Waals surface area contributed by atoms with Crippen LogP contribution in [0.5, 0.6) is 23.0 Å². The van der Waals surface area contributed by atoms with Crippen LogP contribution in [0.15, 0.2) is 78.4 Å². The van der Waals surface area contributed by atoms with Gasteiger partial charge < -0.3 is 23.8 Å². The predicted octanol–water partition coefficient (Wildman–Crippen LogP) is 6.81. The van der Waals surface area contributed by atoms with Crippen LogP contribution in [0.4, 0.5) is 0 Å². The van der Waals surface area contributed by atoms with Gasteiger partial charge in [-0.15, -0.1) is 0 Å². The van der Waals surface area contributed by atoms with Crippen molar-refractivity contribution in [1.29, 1.82) is 0 Å². The molecule has 0 bridgehead atoms. The largest absolute Gasteiger partial charge is 0.497 e. The average molecular weight is 506 g/mol. The maximum atomic E-state index is 13.4. The van der Waals surface area contributed by atoms with Crippen LogP contribution in [0.1, 0.15) is 44.4 Å². The minimum atomic E-state index is -0.0674. The van der Waals surface area contributed by atoms with Crippen LogP contribution in [0.3, 0.4) is 0 Å². The second-order valence-electron chi connectivity index (χ2n) is 8.03. The minimum absolute atomic E-state index is 0.0674. The van der Waals surface area contributed by atoms with Gasteiger partial charge in [0.05, 0.1) is 27.9 Å².